The summed E-state index contributed by atoms with van der Waals surface area (Å²) in [5.74, 6) is 1.81. The molecule has 0 N–H and O–H groups in total. The van der Waals surface area contributed by atoms with Crippen LogP contribution in [-0.2, 0) is 0 Å². The molecule has 0 atom stereocenters. The Balaban J connectivity index is 1.83. The quantitative estimate of drug-likeness (QED) is 0.819. The number of hydrogen-bond donors (Lipinski definition) is 1. The maximum absolute atomic E-state index is 6.20. The van der Waals surface area contributed by atoms with E-state index in [9.17, 15) is 0 Å². The fraction of sp³-hybridized carbons (Fsp3) is 0.500. The van der Waals surface area contributed by atoms with E-state index in [-0.39, 0.29) is 5.41 Å². The van der Waals surface area contributed by atoms with E-state index in [2.05, 4.69) is 29.7 Å². The Labute approximate surface area is 132 Å². The van der Waals surface area contributed by atoms with Crippen LogP contribution in [0.2, 0.25) is 0 Å². The van der Waals surface area contributed by atoms with E-state index in [0.717, 1.165) is 34.7 Å². The molecule has 0 bridgehead atoms. The number of benzene rings is 1. The van der Waals surface area contributed by atoms with Gasteiger partial charge in [0.05, 0.1) is 6.61 Å². The molecule has 3 rings (SSSR count). The summed E-state index contributed by atoms with van der Waals surface area (Å²) in [7, 11) is 0. The van der Waals surface area contributed by atoms with Gasteiger partial charge in [0.25, 0.3) is 0 Å². The maximum Gasteiger partial charge on any atom is 0.145 e. The highest BCUT2D eigenvalue weighted by Gasteiger charge is 2.31. The fourth-order valence-corrected chi connectivity index (χ4v) is 3.62. The molecular weight excluding hydrogens is 278 g/mol. The van der Waals surface area contributed by atoms with Gasteiger partial charge in [-0.05, 0) is 37.7 Å². The molecule has 21 heavy (non-hydrogen) atoms. The van der Waals surface area contributed by atoms with Crippen molar-refractivity contribution in [1.82, 2.24) is 4.98 Å². The molecule has 3 heteroatoms. The Kier molecular flexibility index (Phi) is 4.39. The lowest BCUT2D eigenvalue weighted by Crippen LogP contribution is -2.33. The zero-order valence-electron chi connectivity index (χ0n) is 12.6. The highest BCUT2D eigenvalue weighted by atomic mass is 32.1. The third-order valence-corrected chi connectivity index (χ3v) is 5.28. The van der Waals surface area contributed by atoms with E-state index in [4.69, 9.17) is 4.74 Å². The predicted molar refractivity (Wildman–Crippen MR) is 91.3 cm³/mol. The van der Waals surface area contributed by atoms with Crippen molar-refractivity contribution in [2.75, 3.05) is 12.4 Å². The second kappa shape index (κ2) is 6.27. The summed E-state index contributed by atoms with van der Waals surface area (Å²) in [6.45, 7) is 2.78. The van der Waals surface area contributed by atoms with Gasteiger partial charge < -0.3 is 4.74 Å². The minimum atomic E-state index is 0.243. The van der Waals surface area contributed by atoms with Crippen LogP contribution in [0.25, 0.3) is 10.9 Å². The van der Waals surface area contributed by atoms with E-state index in [1.807, 2.05) is 25.1 Å². The second-order valence-electron chi connectivity index (χ2n) is 6.29. The molecule has 1 aliphatic rings. The zero-order chi connectivity index (χ0) is 14.7. The first kappa shape index (κ1) is 14.7. The molecule has 2 nitrogen and oxygen atoms in total. The molecular formula is C18H23NOS. The lowest BCUT2D eigenvalue weighted by Gasteiger charge is -2.35. The number of rotatable bonds is 4. The van der Waals surface area contributed by atoms with E-state index in [0.29, 0.717) is 0 Å². The van der Waals surface area contributed by atoms with Crippen molar-refractivity contribution in [2.45, 2.75) is 39.0 Å². The van der Waals surface area contributed by atoms with Crippen molar-refractivity contribution in [3.05, 3.63) is 36.0 Å². The molecule has 112 valence electrons. The molecule has 0 radical (unpaired) electrons. The highest BCUT2D eigenvalue weighted by Crippen LogP contribution is 2.38. The molecule has 1 fully saturated rings. The van der Waals surface area contributed by atoms with Crippen molar-refractivity contribution in [3.8, 4) is 5.75 Å². The highest BCUT2D eigenvalue weighted by molar-refractivity contribution is 7.80. The van der Waals surface area contributed by atoms with Gasteiger partial charge in [0.15, 0.2) is 0 Å². The van der Waals surface area contributed by atoms with Crippen LogP contribution in [0.4, 0.5) is 0 Å². The largest absolute Gasteiger partial charge is 0.491 e. The Morgan fingerprint density at radius 1 is 1.14 bits per heavy atom. The number of nitrogens with zero attached hydrogens (tertiary/aromatic N) is 1. The van der Waals surface area contributed by atoms with Crippen molar-refractivity contribution in [3.63, 3.8) is 0 Å². The molecule has 1 aromatic heterocycles. The van der Waals surface area contributed by atoms with Crippen molar-refractivity contribution >= 4 is 23.5 Å². The third kappa shape index (κ3) is 3.18. The third-order valence-electron chi connectivity index (χ3n) is 4.61. The van der Waals surface area contributed by atoms with Gasteiger partial charge in [0.1, 0.15) is 11.3 Å². The first-order valence-corrected chi connectivity index (χ1v) is 8.46. The van der Waals surface area contributed by atoms with E-state index in [1.165, 1.54) is 32.1 Å². The lowest BCUT2D eigenvalue weighted by molar-refractivity contribution is 0.122. The van der Waals surface area contributed by atoms with Gasteiger partial charge in [0.2, 0.25) is 0 Å². The average molecular weight is 301 g/mol. The van der Waals surface area contributed by atoms with Crippen LogP contribution in [0.3, 0.4) is 0 Å². The van der Waals surface area contributed by atoms with Crippen molar-refractivity contribution < 1.29 is 4.74 Å². The van der Waals surface area contributed by atoms with E-state index >= 15 is 0 Å². The average Bonchev–Trinajstić information content (AvgIpc) is 2.54. The first-order chi connectivity index (χ1) is 10.2. The molecule has 1 saturated carbocycles. The van der Waals surface area contributed by atoms with Crippen LogP contribution < -0.4 is 4.74 Å². The molecule has 1 aliphatic carbocycles. The number of hydrogen-bond acceptors (Lipinski definition) is 3. The molecule has 1 aromatic carbocycles. The molecule has 2 aromatic rings. The minimum Gasteiger partial charge on any atom is -0.491 e. The Hall–Kier alpha value is -1.22. The van der Waals surface area contributed by atoms with Gasteiger partial charge in [-0.15, -0.1) is 0 Å². The van der Waals surface area contributed by atoms with Crippen LogP contribution in [-0.4, -0.2) is 17.3 Å². The van der Waals surface area contributed by atoms with Gasteiger partial charge >= 0.3 is 0 Å². The molecule has 0 unspecified atom stereocenters. The first-order valence-electron chi connectivity index (χ1n) is 7.83. The molecule has 0 spiro atoms. The monoisotopic (exact) mass is 301 g/mol. The molecule has 0 aliphatic heterocycles. The summed E-state index contributed by atoms with van der Waals surface area (Å²) in [6.07, 6.45) is 6.42. The number of ether oxygens (including phenoxy) is 1. The summed E-state index contributed by atoms with van der Waals surface area (Å²) < 4.78 is 6.20. The smallest absolute Gasteiger partial charge is 0.145 e. The maximum atomic E-state index is 6.20. The fourth-order valence-electron chi connectivity index (χ4n) is 3.21. The van der Waals surface area contributed by atoms with Crippen molar-refractivity contribution in [1.29, 1.82) is 0 Å². The molecule has 1 heterocycles. The predicted octanol–water partition coefficient (Wildman–Crippen LogP) is 4.80. The molecule has 0 amide bonds. The van der Waals surface area contributed by atoms with Crippen molar-refractivity contribution in [2.24, 2.45) is 5.41 Å². The second-order valence-corrected chi connectivity index (χ2v) is 6.60. The number of aryl methyl sites for hydroxylation is 1. The standard InChI is InChI=1S/C18H23NOS/c1-14-8-9-15-6-5-7-16(17(15)19-14)20-12-18(13-21)10-3-2-4-11-18/h5-9,21H,2-4,10-13H2,1H3. The number of fused-ring (bicyclic) bond motifs is 1. The number of pyridine rings is 1. The van der Waals surface area contributed by atoms with Crippen LogP contribution in [0.5, 0.6) is 5.75 Å². The number of aromatic nitrogens is 1. The lowest BCUT2D eigenvalue weighted by atomic mass is 9.76. The van der Waals surface area contributed by atoms with Crippen LogP contribution in [0, 0.1) is 12.3 Å². The summed E-state index contributed by atoms with van der Waals surface area (Å²) in [5, 5.41) is 1.14. The van der Waals surface area contributed by atoms with Gasteiger partial charge in [-0.25, -0.2) is 4.98 Å². The number of thiol groups is 1. The summed E-state index contributed by atoms with van der Waals surface area (Å²) >= 11 is 4.59. The topological polar surface area (TPSA) is 22.1 Å². The van der Waals surface area contributed by atoms with E-state index < -0.39 is 0 Å². The Morgan fingerprint density at radius 3 is 2.71 bits per heavy atom. The van der Waals surface area contributed by atoms with Gasteiger partial charge in [-0.2, -0.15) is 12.6 Å². The Bertz CT molecular complexity index is 620. The van der Waals surface area contributed by atoms with Crippen LogP contribution in [0.15, 0.2) is 30.3 Å². The summed E-state index contributed by atoms with van der Waals surface area (Å²) in [5.41, 5.74) is 2.25. The molecule has 0 saturated heterocycles. The number of para-hydroxylation sites is 1. The summed E-state index contributed by atoms with van der Waals surface area (Å²) in [6, 6.07) is 10.3. The normalized spacial score (nSPS) is 17.8. The van der Waals surface area contributed by atoms with Gasteiger partial charge in [0, 0.05) is 16.5 Å². The SMILES string of the molecule is Cc1ccc2cccc(OCC3(CS)CCCCC3)c2n1. The van der Waals surface area contributed by atoms with Gasteiger partial charge in [-0.3, -0.25) is 0 Å². The van der Waals surface area contributed by atoms with Crippen LogP contribution in [0.1, 0.15) is 37.8 Å². The van der Waals surface area contributed by atoms with Gasteiger partial charge in [-0.1, -0.05) is 37.5 Å². The zero-order valence-corrected chi connectivity index (χ0v) is 13.5. The van der Waals surface area contributed by atoms with E-state index in [1.54, 1.807) is 0 Å². The minimum absolute atomic E-state index is 0.243. The Morgan fingerprint density at radius 2 is 1.95 bits per heavy atom. The van der Waals surface area contributed by atoms with Crippen LogP contribution >= 0.6 is 12.6 Å². The summed E-state index contributed by atoms with van der Waals surface area (Å²) in [4.78, 5) is 4.64.